The first-order valence-electron chi connectivity index (χ1n) is 7.15. The van der Waals surface area contributed by atoms with Gasteiger partial charge in [-0.1, -0.05) is 12.8 Å². The van der Waals surface area contributed by atoms with Gasteiger partial charge in [0.05, 0.1) is 11.7 Å². The van der Waals surface area contributed by atoms with Crippen molar-refractivity contribution >= 4 is 0 Å². The molecule has 0 atom stereocenters. The van der Waals surface area contributed by atoms with Crippen LogP contribution in [0.2, 0.25) is 0 Å². The van der Waals surface area contributed by atoms with E-state index < -0.39 is 0 Å². The SMILES string of the molecule is Cc1cc(F)ccc1OCc1ccn(C2CCCC2)n1. The van der Waals surface area contributed by atoms with Gasteiger partial charge in [0.2, 0.25) is 0 Å². The predicted octanol–water partition coefficient (Wildman–Crippen LogP) is 4.02. The second-order valence-corrected chi connectivity index (χ2v) is 5.42. The third kappa shape index (κ3) is 2.84. The summed E-state index contributed by atoms with van der Waals surface area (Å²) in [4.78, 5) is 0. The fourth-order valence-electron chi connectivity index (χ4n) is 2.75. The summed E-state index contributed by atoms with van der Waals surface area (Å²) >= 11 is 0. The number of nitrogens with zero attached hydrogens (tertiary/aromatic N) is 2. The summed E-state index contributed by atoms with van der Waals surface area (Å²) in [6.45, 7) is 2.27. The molecule has 0 aliphatic heterocycles. The molecule has 1 aromatic heterocycles. The number of ether oxygens (including phenoxy) is 1. The van der Waals surface area contributed by atoms with Gasteiger partial charge < -0.3 is 4.74 Å². The Morgan fingerprint density at radius 3 is 2.85 bits per heavy atom. The molecule has 20 heavy (non-hydrogen) atoms. The minimum absolute atomic E-state index is 0.236. The summed E-state index contributed by atoms with van der Waals surface area (Å²) < 4.78 is 20.8. The Morgan fingerprint density at radius 1 is 1.30 bits per heavy atom. The topological polar surface area (TPSA) is 27.1 Å². The lowest BCUT2D eigenvalue weighted by molar-refractivity contribution is 0.295. The highest BCUT2D eigenvalue weighted by Crippen LogP contribution is 2.28. The zero-order chi connectivity index (χ0) is 13.9. The van der Waals surface area contributed by atoms with Gasteiger partial charge in [-0.15, -0.1) is 0 Å². The normalized spacial score (nSPS) is 15.7. The molecule has 0 amide bonds. The van der Waals surface area contributed by atoms with Crippen molar-refractivity contribution in [2.24, 2.45) is 0 Å². The Morgan fingerprint density at radius 2 is 2.10 bits per heavy atom. The molecule has 106 valence electrons. The molecular weight excluding hydrogens is 255 g/mol. The van der Waals surface area contributed by atoms with Crippen molar-refractivity contribution < 1.29 is 9.13 Å². The van der Waals surface area contributed by atoms with Crippen molar-refractivity contribution in [2.75, 3.05) is 0 Å². The van der Waals surface area contributed by atoms with Crippen LogP contribution in [-0.2, 0) is 6.61 Å². The Hall–Kier alpha value is -1.84. The summed E-state index contributed by atoms with van der Waals surface area (Å²) in [7, 11) is 0. The number of benzene rings is 1. The molecule has 2 aromatic rings. The zero-order valence-corrected chi connectivity index (χ0v) is 11.7. The van der Waals surface area contributed by atoms with Gasteiger partial charge >= 0.3 is 0 Å². The van der Waals surface area contributed by atoms with Gasteiger partial charge in [-0.05, 0) is 49.6 Å². The van der Waals surface area contributed by atoms with Crippen LogP contribution in [0.25, 0.3) is 0 Å². The molecule has 0 saturated heterocycles. The first-order valence-corrected chi connectivity index (χ1v) is 7.15. The van der Waals surface area contributed by atoms with Gasteiger partial charge in [-0.25, -0.2) is 4.39 Å². The number of hydrogen-bond donors (Lipinski definition) is 0. The largest absolute Gasteiger partial charge is 0.487 e. The first-order chi connectivity index (χ1) is 9.72. The van der Waals surface area contributed by atoms with E-state index in [9.17, 15) is 4.39 Å². The molecule has 1 heterocycles. The summed E-state index contributed by atoms with van der Waals surface area (Å²) in [6, 6.07) is 7.11. The van der Waals surface area contributed by atoms with Crippen LogP contribution in [0.3, 0.4) is 0 Å². The van der Waals surface area contributed by atoms with Gasteiger partial charge in [0.25, 0.3) is 0 Å². The average molecular weight is 274 g/mol. The van der Waals surface area contributed by atoms with Crippen molar-refractivity contribution in [3.63, 3.8) is 0 Å². The van der Waals surface area contributed by atoms with Gasteiger partial charge in [0, 0.05) is 6.20 Å². The number of halogens is 1. The average Bonchev–Trinajstić information content (AvgIpc) is 3.08. The van der Waals surface area contributed by atoms with Crippen molar-refractivity contribution in [1.82, 2.24) is 9.78 Å². The lowest BCUT2D eigenvalue weighted by Crippen LogP contribution is -2.06. The number of aryl methyl sites for hydroxylation is 1. The second-order valence-electron chi connectivity index (χ2n) is 5.42. The van der Waals surface area contributed by atoms with E-state index in [-0.39, 0.29) is 5.82 Å². The van der Waals surface area contributed by atoms with Crippen LogP contribution in [0.1, 0.15) is 43.0 Å². The van der Waals surface area contributed by atoms with Crippen LogP contribution in [0, 0.1) is 12.7 Å². The van der Waals surface area contributed by atoms with E-state index in [1.54, 1.807) is 6.07 Å². The fourth-order valence-corrected chi connectivity index (χ4v) is 2.75. The van der Waals surface area contributed by atoms with Crippen molar-refractivity contribution in [3.05, 3.63) is 47.5 Å². The van der Waals surface area contributed by atoms with Gasteiger partial charge in [-0.3, -0.25) is 4.68 Å². The van der Waals surface area contributed by atoms with Crippen LogP contribution in [0.4, 0.5) is 4.39 Å². The van der Waals surface area contributed by atoms with Crippen LogP contribution >= 0.6 is 0 Å². The maximum absolute atomic E-state index is 13.0. The van der Waals surface area contributed by atoms with Gasteiger partial charge in [0.1, 0.15) is 18.2 Å². The highest BCUT2D eigenvalue weighted by molar-refractivity contribution is 5.32. The second kappa shape index (κ2) is 5.65. The summed E-state index contributed by atoms with van der Waals surface area (Å²) in [5.74, 6) is 0.474. The summed E-state index contributed by atoms with van der Waals surface area (Å²) in [5, 5.41) is 4.57. The third-order valence-electron chi connectivity index (χ3n) is 3.87. The van der Waals surface area contributed by atoms with E-state index >= 15 is 0 Å². The van der Waals surface area contributed by atoms with Crippen LogP contribution < -0.4 is 4.74 Å². The van der Waals surface area contributed by atoms with Crippen molar-refractivity contribution in [1.29, 1.82) is 0 Å². The van der Waals surface area contributed by atoms with E-state index in [0.29, 0.717) is 18.4 Å². The predicted molar refractivity (Wildman–Crippen MR) is 75.2 cm³/mol. The molecule has 3 nitrogen and oxygen atoms in total. The molecule has 1 saturated carbocycles. The third-order valence-corrected chi connectivity index (χ3v) is 3.87. The van der Waals surface area contributed by atoms with E-state index in [1.165, 1.54) is 37.8 Å². The number of aromatic nitrogens is 2. The first kappa shape index (κ1) is 13.2. The van der Waals surface area contributed by atoms with E-state index in [0.717, 1.165) is 11.3 Å². The van der Waals surface area contributed by atoms with E-state index in [4.69, 9.17) is 4.74 Å². The minimum Gasteiger partial charge on any atom is -0.487 e. The maximum atomic E-state index is 13.0. The molecule has 0 N–H and O–H groups in total. The number of hydrogen-bond acceptors (Lipinski definition) is 2. The van der Waals surface area contributed by atoms with E-state index in [1.807, 2.05) is 19.2 Å². The summed E-state index contributed by atoms with van der Waals surface area (Å²) in [5.41, 5.74) is 1.72. The molecule has 1 aromatic carbocycles. The Balaban J connectivity index is 1.63. The number of rotatable bonds is 4. The molecule has 0 unspecified atom stereocenters. The zero-order valence-electron chi connectivity index (χ0n) is 11.7. The van der Waals surface area contributed by atoms with Gasteiger partial charge in [0.15, 0.2) is 0 Å². The molecule has 0 bridgehead atoms. The van der Waals surface area contributed by atoms with Gasteiger partial charge in [-0.2, -0.15) is 5.10 Å². The highest BCUT2D eigenvalue weighted by atomic mass is 19.1. The molecule has 1 aliphatic rings. The van der Waals surface area contributed by atoms with E-state index in [2.05, 4.69) is 9.78 Å². The monoisotopic (exact) mass is 274 g/mol. The molecule has 0 spiro atoms. The molecule has 1 aliphatic carbocycles. The molecule has 4 heteroatoms. The molecule has 1 fully saturated rings. The Labute approximate surface area is 118 Å². The molecule has 0 radical (unpaired) electrons. The van der Waals surface area contributed by atoms with Crippen LogP contribution in [-0.4, -0.2) is 9.78 Å². The molecule has 3 rings (SSSR count). The molecular formula is C16H19FN2O. The Bertz CT molecular complexity index is 588. The minimum atomic E-state index is -0.236. The van der Waals surface area contributed by atoms with Crippen molar-refractivity contribution in [2.45, 2.75) is 45.3 Å². The smallest absolute Gasteiger partial charge is 0.132 e. The van der Waals surface area contributed by atoms with Crippen molar-refractivity contribution in [3.8, 4) is 5.75 Å². The fraction of sp³-hybridized carbons (Fsp3) is 0.438. The lowest BCUT2D eigenvalue weighted by Gasteiger charge is -2.09. The summed E-state index contributed by atoms with van der Waals surface area (Å²) in [6.07, 6.45) is 7.07. The maximum Gasteiger partial charge on any atom is 0.132 e. The highest BCUT2D eigenvalue weighted by Gasteiger charge is 2.17. The quantitative estimate of drug-likeness (QED) is 0.841. The van der Waals surface area contributed by atoms with Crippen LogP contribution in [0.5, 0.6) is 5.75 Å². The lowest BCUT2D eigenvalue weighted by atomic mass is 10.2. The standard InChI is InChI=1S/C16H19FN2O/c1-12-10-13(17)6-7-16(12)20-11-14-8-9-19(18-14)15-4-2-3-5-15/h6-10,15H,2-5,11H2,1H3. The Kier molecular flexibility index (Phi) is 3.72. The van der Waals surface area contributed by atoms with Crippen LogP contribution in [0.15, 0.2) is 30.5 Å².